The number of carbonyl (C=O) groups is 1. The second-order valence-electron chi connectivity index (χ2n) is 7.32. The minimum atomic E-state index is -4.36. The predicted octanol–water partition coefficient (Wildman–Crippen LogP) is 4.14. The van der Waals surface area contributed by atoms with Crippen LogP contribution in [0.2, 0.25) is 0 Å². The van der Waals surface area contributed by atoms with E-state index < -0.39 is 12.8 Å². The number of nitrogens with zero attached hydrogens (tertiary/aromatic N) is 1. The Morgan fingerprint density at radius 1 is 1.13 bits per heavy atom. The number of rotatable bonds is 9. The lowest BCUT2D eigenvalue weighted by Crippen LogP contribution is -2.41. The lowest BCUT2D eigenvalue weighted by molar-refractivity contribution is -0.153. The predicted molar refractivity (Wildman–Crippen MR) is 126 cm³/mol. The summed E-state index contributed by atoms with van der Waals surface area (Å²) in [5, 5.41) is 9.34. The molecule has 1 aliphatic rings. The fourth-order valence-corrected chi connectivity index (χ4v) is 3.21. The molecule has 1 aromatic carbocycles. The first-order valence-corrected chi connectivity index (χ1v) is 10.5. The van der Waals surface area contributed by atoms with Crippen molar-refractivity contribution in [2.24, 2.45) is 4.99 Å². The van der Waals surface area contributed by atoms with E-state index in [1.807, 2.05) is 6.92 Å². The molecule has 0 atom stereocenters. The molecule has 1 fully saturated rings. The smallest absolute Gasteiger partial charge is 0.422 e. The number of ether oxygens (including phenoxy) is 1. The van der Waals surface area contributed by atoms with E-state index in [2.05, 4.69) is 20.9 Å². The fraction of sp³-hybridized carbons (Fsp3) is 0.619. The van der Waals surface area contributed by atoms with Gasteiger partial charge in [0.1, 0.15) is 5.75 Å². The zero-order valence-electron chi connectivity index (χ0n) is 17.8. The van der Waals surface area contributed by atoms with E-state index in [4.69, 9.17) is 4.74 Å². The molecule has 1 saturated carbocycles. The Hall–Kier alpha value is -1.72. The summed E-state index contributed by atoms with van der Waals surface area (Å²) in [6.07, 6.45) is 1.73. The average Bonchev–Trinajstić information content (AvgIpc) is 2.71. The summed E-state index contributed by atoms with van der Waals surface area (Å²) in [6, 6.07) is 6.64. The van der Waals surface area contributed by atoms with Crippen molar-refractivity contribution in [2.45, 2.75) is 64.2 Å². The van der Waals surface area contributed by atoms with Crippen LogP contribution in [-0.4, -0.2) is 43.8 Å². The van der Waals surface area contributed by atoms with Crippen molar-refractivity contribution < 1.29 is 22.7 Å². The van der Waals surface area contributed by atoms with Crippen LogP contribution in [-0.2, 0) is 11.3 Å². The summed E-state index contributed by atoms with van der Waals surface area (Å²) >= 11 is 0. The highest BCUT2D eigenvalue weighted by Crippen LogP contribution is 2.19. The first-order valence-electron chi connectivity index (χ1n) is 10.5. The average molecular weight is 556 g/mol. The number of amides is 1. The molecule has 0 radical (unpaired) electrons. The molecule has 1 amide bonds. The molecule has 1 aliphatic carbocycles. The van der Waals surface area contributed by atoms with Crippen LogP contribution >= 0.6 is 24.0 Å². The van der Waals surface area contributed by atoms with Crippen LogP contribution in [0.3, 0.4) is 0 Å². The first-order chi connectivity index (χ1) is 14.4. The highest BCUT2D eigenvalue weighted by molar-refractivity contribution is 14.0. The molecule has 6 nitrogen and oxygen atoms in total. The van der Waals surface area contributed by atoms with E-state index in [0.29, 0.717) is 38.1 Å². The molecular formula is C21H32F3IN4O2. The summed E-state index contributed by atoms with van der Waals surface area (Å²) in [4.78, 5) is 16.5. The second-order valence-corrected chi connectivity index (χ2v) is 7.32. The van der Waals surface area contributed by atoms with Gasteiger partial charge in [-0.2, -0.15) is 13.2 Å². The van der Waals surface area contributed by atoms with Gasteiger partial charge in [-0.25, -0.2) is 4.99 Å². The van der Waals surface area contributed by atoms with Crippen molar-refractivity contribution in [1.29, 1.82) is 0 Å². The van der Waals surface area contributed by atoms with Crippen molar-refractivity contribution in [1.82, 2.24) is 16.0 Å². The van der Waals surface area contributed by atoms with Crippen LogP contribution < -0.4 is 20.7 Å². The van der Waals surface area contributed by atoms with Gasteiger partial charge in [0.05, 0.1) is 6.54 Å². The molecule has 0 aromatic heterocycles. The second kappa shape index (κ2) is 14.4. The van der Waals surface area contributed by atoms with Crippen LogP contribution in [0.5, 0.6) is 5.75 Å². The van der Waals surface area contributed by atoms with E-state index in [-0.39, 0.29) is 35.6 Å². The van der Waals surface area contributed by atoms with Crippen LogP contribution in [0, 0.1) is 0 Å². The van der Waals surface area contributed by atoms with Gasteiger partial charge in [-0.05, 0) is 37.5 Å². The maximum absolute atomic E-state index is 12.2. The Kier molecular flexibility index (Phi) is 12.7. The molecule has 0 spiro atoms. The summed E-state index contributed by atoms with van der Waals surface area (Å²) < 4.78 is 41.3. The van der Waals surface area contributed by atoms with E-state index in [1.165, 1.54) is 31.4 Å². The zero-order chi connectivity index (χ0) is 21.8. The largest absolute Gasteiger partial charge is 0.484 e. The molecule has 176 valence electrons. The van der Waals surface area contributed by atoms with Gasteiger partial charge in [-0.15, -0.1) is 24.0 Å². The van der Waals surface area contributed by atoms with E-state index >= 15 is 0 Å². The molecule has 10 heteroatoms. The van der Waals surface area contributed by atoms with Crippen molar-refractivity contribution in [3.8, 4) is 5.75 Å². The molecule has 3 N–H and O–H groups in total. The Morgan fingerprint density at radius 2 is 1.81 bits per heavy atom. The fourth-order valence-electron chi connectivity index (χ4n) is 3.21. The number of alkyl halides is 3. The van der Waals surface area contributed by atoms with E-state index in [1.54, 1.807) is 12.1 Å². The number of aliphatic imine (C=N–C) groups is 1. The SMILES string of the molecule is CCNC(=NCc1ccc(OCC(F)(F)F)cc1)NCCC(=O)NC1CCCCC1.I. The topological polar surface area (TPSA) is 74.8 Å². The molecule has 0 unspecified atom stereocenters. The molecular weight excluding hydrogens is 524 g/mol. The maximum atomic E-state index is 12.2. The van der Waals surface area contributed by atoms with Crippen LogP contribution in [0.15, 0.2) is 29.3 Å². The minimum Gasteiger partial charge on any atom is -0.484 e. The standard InChI is InChI=1S/C21H31F3N4O2.HI/c1-2-25-20(26-13-12-19(29)28-17-6-4-3-5-7-17)27-14-16-8-10-18(11-9-16)30-15-21(22,23)24;/h8-11,17H,2-7,12-15H2,1H3,(H,28,29)(H2,25,26,27);1H. The first kappa shape index (κ1) is 27.3. The summed E-state index contributed by atoms with van der Waals surface area (Å²) in [5.41, 5.74) is 0.835. The Balaban J connectivity index is 0.00000480. The molecule has 0 saturated heterocycles. The van der Waals surface area contributed by atoms with Crippen LogP contribution in [0.4, 0.5) is 13.2 Å². The number of hydrogen-bond donors (Lipinski definition) is 3. The number of nitrogens with one attached hydrogen (secondary N) is 3. The van der Waals surface area contributed by atoms with Crippen molar-refractivity contribution in [2.75, 3.05) is 19.7 Å². The number of halogens is 4. The lowest BCUT2D eigenvalue weighted by atomic mass is 9.95. The van der Waals surface area contributed by atoms with E-state index in [9.17, 15) is 18.0 Å². The monoisotopic (exact) mass is 556 g/mol. The molecule has 1 aromatic rings. The molecule has 0 heterocycles. The molecule has 31 heavy (non-hydrogen) atoms. The molecule has 2 rings (SSSR count). The van der Waals surface area contributed by atoms with Gasteiger partial charge >= 0.3 is 6.18 Å². The summed E-state index contributed by atoms with van der Waals surface area (Å²) in [7, 11) is 0. The van der Waals surface area contributed by atoms with Gasteiger partial charge in [0.15, 0.2) is 12.6 Å². The Bertz CT molecular complexity index is 678. The summed E-state index contributed by atoms with van der Waals surface area (Å²) in [5.74, 6) is 0.786. The van der Waals surface area contributed by atoms with E-state index in [0.717, 1.165) is 18.4 Å². The quantitative estimate of drug-likeness (QED) is 0.243. The minimum absolute atomic E-state index is 0. The molecule has 0 bridgehead atoms. The van der Waals surface area contributed by atoms with Crippen molar-refractivity contribution >= 4 is 35.8 Å². The normalized spacial score (nSPS) is 15.0. The van der Waals surface area contributed by atoms with Crippen LogP contribution in [0.1, 0.15) is 51.0 Å². The highest BCUT2D eigenvalue weighted by Gasteiger charge is 2.28. The van der Waals surface area contributed by atoms with Gasteiger partial charge in [0.2, 0.25) is 5.91 Å². The Labute approximate surface area is 198 Å². The van der Waals surface area contributed by atoms with Crippen LogP contribution in [0.25, 0.3) is 0 Å². The maximum Gasteiger partial charge on any atom is 0.422 e. The number of carbonyl (C=O) groups excluding carboxylic acids is 1. The van der Waals surface area contributed by atoms with Crippen molar-refractivity contribution in [3.05, 3.63) is 29.8 Å². The van der Waals surface area contributed by atoms with Gasteiger partial charge in [0.25, 0.3) is 0 Å². The third-order valence-electron chi connectivity index (χ3n) is 4.70. The van der Waals surface area contributed by atoms with Crippen molar-refractivity contribution in [3.63, 3.8) is 0 Å². The molecule has 0 aliphatic heterocycles. The Morgan fingerprint density at radius 3 is 2.42 bits per heavy atom. The zero-order valence-corrected chi connectivity index (χ0v) is 20.1. The summed E-state index contributed by atoms with van der Waals surface area (Å²) in [6.45, 7) is 2.12. The van der Waals surface area contributed by atoms with Gasteiger partial charge in [-0.3, -0.25) is 4.79 Å². The van der Waals surface area contributed by atoms with Gasteiger partial charge in [0, 0.05) is 25.6 Å². The van der Waals surface area contributed by atoms with Gasteiger partial charge < -0.3 is 20.7 Å². The lowest BCUT2D eigenvalue weighted by Gasteiger charge is -2.22. The number of guanidine groups is 1. The third-order valence-corrected chi connectivity index (χ3v) is 4.70. The van der Waals surface area contributed by atoms with Gasteiger partial charge in [-0.1, -0.05) is 31.4 Å². The number of hydrogen-bond acceptors (Lipinski definition) is 3. The highest BCUT2D eigenvalue weighted by atomic mass is 127. The number of benzene rings is 1. The third kappa shape index (κ3) is 12.0.